The lowest BCUT2D eigenvalue weighted by Crippen LogP contribution is -2.40. The van der Waals surface area contributed by atoms with E-state index in [0.717, 1.165) is 24.1 Å². The van der Waals surface area contributed by atoms with Crippen molar-refractivity contribution in [3.63, 3.8) is 0 Å². The summed E-state index contributed by atoms with van der Waals surface area (Å²) in [6.07, 6.45) is 4.95. The van der Waals surface area contributed by atoms with Crippen LogP contribution in [0.2, 0.25) is 0 Å². The number of benzene rings is 1. The third kappa shape index (κ3) is 4.15. The Hall–Kier alpha value is -2.32. The molecular weight excluding hydrogens is 318 g/mol. The minimum absolute atomic E-state index is 0.0386. The fourth-order valence-electron chi connectivity index (χ4n) is 3.15. The van der Waals surface area contributed by atoms with Crippen LogP contribution < -0.4 is 5.32 Å². The molecule has 4 nitrogen and oxygen atoms in total. The Balaban J connectivity index is 1.69. The number of anilines is 1. The molecule has 0 unspecified atom stereocenters. The van der Waals surface area contributed by atoms with E-state index in [1.807, 2.05) is 40.6 Å². The summed E-state index contributed by atoms with van der Waals surface area (Å²) < 4.78 is 0. The number of carbonyl (C=O) groups excluding carboxylic acids is 1. The Morgan fingerprint density at radius 3 is 2.62 bits per heavy atom. The van der Waals surface area contributed by atoms with Gasteiger partial charge in [-0.15, -0.1) is 11.3 Å². The van der Waals surface area contributed by atoms with Crippen molar-refractivity contribution in [1.82, 2.24) is 4.90 Å². The van der Waals surface area contributed by atoms with Crippen LogP contribution in [0.5, 0.6) is 0 Å². The van der Waals surface area contributed by atoms with Crippen LogP contribution in [0.25, 0.3) is 0 Å². The molecule has 0 bridgehead atoms. The maximum absolute atomic E-state index is 12.8. The van der Waals surface area contributed by atoms with Gasteiger partial charge in [-0.3, -0.25) is 0 Å². The molecule has 0 spiro atoms. The van der Waals surface area contributed by atoms with Gasteiger partial charge in [0, 0.05) is 16.6 Å². The van der Waals surface area contributed by atoms with E-state index in [4.69, 9.17) is 5.26 Å². The van der Waals surface area contributed by atoms with E-state index in [0.29, 0.717) is 19.0 Å². The second-order valence-electron chi connectivity index (χ2n) is 6.11. The lowest BCUT2D eigenvalue weighted by molar-refractivity contribution is 0.185. The molecule has 0 atom stereocenters. The zero-order chi connectivity index (χ0) is 16.8. The Bertz CT molecular complexity index is 697. The Morgan fingerprint density at radius 1 is 1.25 bits per heavy atom. The standard InChI is InChI=1S/C19H21N3OS/c20-12-11-15-7-9-16(10-8-15)21-19(23)22(17-4-1-2-5-17)14-18-6-3-13-24-18/h3,6-10,13,17H,1-2,4-5,11,14H2,(H,21,23). The molecule has 1 aromatic carbocycles. The van der Waals surface area contributed by atoms with E-state index >= 15 is 0 Å². The van der Waals surface area contributed by atoms with Crippen LogP contribution in [0.15, 0.2) is 41.8 Å². The highest BCUT2D eigenvalue weighted by Crippen LogP contribution is 2.26. The molecule has 1 fully saturated rings. The van der Waals surface area contributed by atoms with Crippen LogP contribution >= 0.6 is 11.3 Å². The topological polar surface area (TPSA) is 56.1 Å². The van der Waals surface area contributed by atoms with E-state index < -0.39 is 0 Å². The lowest BCUT2D eigenvalue weighted by Gasteiger charge is -2.28. The average Bonchev–Trinajstić information content (AvgIpc) is 3.28. The molecule has 124 valence electrons. The molecule has 3 rings (SSSR count). The van der Waals surface area contributed by atoms with Gasteiger partial charge in [0.25, 0.3) is 0 Å². The zero-order valence-electron chi connectivity index (χ0n) is 13.6. The summed E-state index contributed by atoms with van der Waals surface area (Å²) in [5.74, 6) is 0. The predicted molar refractivity (Wildman–Crippen MR) is 96.9 cm³/mol. The van der Waals surface area contributed by atoms with E-state index in [-0.39, 0.29) is 6.03 Å². The SMILES string of the molecule is N#CCc1ccc(NC(=O)N(Cc2cccs2)C2CCCC2)cc1. The van der Waals surface area contributed by atoms with Crippen LogP contribution in [0.1, 0.15) is 36.1 Å². The van der Waals surface area contributed by atoms with E-state index in [1.165, 1.54) is 17.7 Å². The summed E-state index contributed by atoms with van der Waals surface area (Å²) in [5.41, 5.74) is 1.73. The molecule has 1 aliphatic rings. The Labute approximate surface area is 146 Å². The van der Waals surface area contributed by atoms with Crippen molar-refractivity contribution in [2.24, 2.45) is 0 Å². The largest absolute Gasteiger partial charge is 0.322 e. The molecule has 1 aliphatic carbocycles. The Morgan fingerprint density at radius 2 is 2.00 bits per heavy atom. The third-order valence-corrected chi connectivity index (χ3v) is 5.28. The first-order valence-electron chi connectivity index (χ1n) is 8.32. The molecule has 24 heavy (non-hydrogen) atoms. The molecule has 2 amide bonds. The third-order valence-electron chi connectivity index (χ3n) is 4.42. The smallest absolute Gasteiger partial charge is 0.316 e. The van der Waals surface area contributed by atoms with Gasteiger partial charge in [0.1, 0.15) is 0 Å². The normalized spacial score (nSPS) is 14.3. The molecular formula is C19H21N3OS. The van der Waals surface area contributed by atoms with Gasteiger partial charge in [0.15, 0.2) is 0 Å². The van der Waals surface area contributed by atoms with Crippen LogP contribution in [0.4, 0.5) is 10.5 Å². The lowest BCUT2D eigenvalue weighted by atomic mass is 10.1. The number of nitrogens with zero attached hydrogens (tertiary/aromatic N) is 2. The summed E-state index contributed by atoms with van der Waals surface area (Å²) in [4.78, 5) is 16.0. The molecule has 1 N–H and O–H groups in total. The molecule has 1 saturated carbocycles. The van der Waals surface area contributed by atoms with E-state index in [2.05, 4.69) is 17.5 Å². The molecule has 5 heteroatoms. The van der Waals surface area contributed by atoms with Crippen molar-refractivity contribution >= 4 is 23.1 Å². The summed E-state index contributed by atoms with van der Waals surface area (Å²) in [6.45, 7) is 0.667. The maximum atomic E-state index is 12.8. The van der Waals surface area contributed by atoms with Gasteiger partial charge in [-0.2, -0.15) is 5.26 Å². The van der Waals surface area contributed by atoms with Gasteiger partial charge in [-0.1, -0.05) is 31.0 Å². The molecule has 0 radical (unpaired) electrons. The second-order valence-corrected chi connectivity index (χ2v) is 7.14. The van der Waals surface area contributed by atoms with Crippen molar-refractivity contribution in [2.75, 3.05) is 5.32 Å². The zero-order valence-corrected chi connectivity index (χ0v) is 14.4. The first-order chi connectivity index (χ1) is 11.8. The van der Waals surface area contributed by atoms with Crippen molar-refractivity contribution in [2.45, 2.75) is 44.7 Å². The molecule has 2 aromatic rings. The minimum Gasteiger partial charge on any atom is -0.316 e. The number of nitriles is 1. The van der Waals surface area contributed by atoms with Crippen LogP contribution in [-0.4, -0.2) is 17.0 Å². The van der Waals surface area contributed by atoms with Gasteiger partial charge in [-0.25, -0.2) is 4.79 Å². The molecule has 1 heterocycles. The van der Waals surface area contributed by atoms with Crippen molar-refractivity contribution < 1.29 is 4.79 Å². The van der Waals surface area contributed by atoms with Crippen molar-refractivity contribution in [1.29, 1.82) is 5.26 Å². The average molecular weight is 339 g/mol. The summed E-state index contributed by atoms with van der Waals surface area (Å²) in [7, 11) is 0. The van der Waals surface area contributed by atoms with Crippen LogP contribution in [-0.2, 0) is 13.0 Å². The summed E-state index contributed by atoms with van der Waals surface area (Å²) >= 11 is 1.69. The second kappa shape index (κ2) is 7.98. The number of hydrogen-bond acceptors (Lipinski definition) is 3. The quantitative estimate of drug-likeness (QED) is 0.851. The first kappa shape index (κ1) is 16.5. The van der Waals surface area contributed by atoms with Gasteiger partial charge in [0.2, 0.25) is 0 Å². The van der Waals surface area contributed by atoms with Crippen molar-refractivity contribution in [3.8, 4) is 6.07 Å². The maximum Gasteiger partial charge on any atom is 0.322 e. The van der Waals surface area contributed by atoms with Gasteiger partial charge >= 0.3 is 6.03 Å². The number of rotatable bonds is 5. The fourth-order valence-corrected chi connectivity index (χ4v) is 3.85. The Kier molecular flexibility index (Phi) is 5.50. The summed E-state index contributed by atoms with van der Waals surface area (Å²) in [6, 6.07) is 14.0. The number of carbonyl (C=O) groups is 1. The summed E-state index contributed by atoms with van der Waals surface area (Å²) in [5, 5.41) is 13.8. The highest BCUT2D eigenvalue weighted by Gasteiger charge is 2.27. The van der Waals surface area contributed by atoms with Gasteiger partial charge < -0.3 is 10.2 Å². The molecule has 1 aromatic heterocycles. The number of hydrogen-bond donors (Lipinski definition) is 1. The van der Waals surface area contributed by atoms with Crippen LogP contribution in [0, 0.1) is 11.3 Å². The number of nitrogens with one attached hydrogen (secondary N) is 1. The number of amides is 2. The minimum atomic E-state index is -0.0386. The highest BCUT2D eigenvalue weighted by molar-refractivity contribution is 7.09. The highest BCUT2D eigenvalue weighted by atomic mass is 32.1. The molecule has 0 aliphatic heterocycles. The number of thiophene rings is 1. The van der Waals surface area contributed by atoms with Gasteiger partial charge in [-0.05, 0) is 42.0 Å². The van der Waals surface area contributed by atoms with E-state index in [9.17, 15) is 4.79 Å². The van der Waals surface area contributed by atoms with Crippen LogP contribution in [0.3, 0.4) is 0 Å². The fraction of sp³-hybridized carbons (Fsp3) is 0.368. The first-order valence-corrected chi connectivity index (χ1v) is 9.20. The van der Waals surface area contributed by atoms with E-state index in [1.54, 1.807) is 11.3 Å². The van der Waals surface area contributed by atoms with Crippen molar-refractivity contribution in [3.05, 3.63) is 52.2 Å². The monoisotopic (exact) mass is 339 g/mol. The number of urea groups is 1. The molecule has 0 saturated heterocycles. The van der Waals surface area contributed by atoms with Gasteiger partial charge in [0.05, 0.1) is 19.0 Å². The predicted octanol–water partition coefficient (Wildman–Crippen LogP) is 4.79.